The first-order valence-electron chi connectivity index (χ1n) is 6.85. The van der Waals surface area contributed by atoms with Crippen molar-refractivity contribution in [2.24, 2.45) is 11.7 Å². The number of nitrogens with two attached hydrogens (primary N) is 2. The van der Waals surface area contributed by atoms with E-state index in [1.165, 1.54) is 12.8 Å². The predicted molar refractivity (Wildman–Crippen MR) is 75.1 cm³/mol. The largest absolute Gasteiger partial charge is 0.383 e. The van der Waals surface area contributed by atoms with E-state index < -0.39 is 0 Å². The van der Waals surface area contributed by atoms with Gasteiger partial charge in [-0.15, -0.1) is 0 Å². The van der Waals surface area contributed by atoms with E-state index in [1.807, 2.05) is 12.1 Å². The number of rotatable bonds is 5. The van der Waals surface area contributed by atoms with E-state index in [2.05, 4.69) is 9.88 Å². The topological polar surface area (TPSA) is 85.2 Å². The van der Waals surface area contributed by atoms with Crippen LogP contribution in [0.1, 0.15) is 31.2 Å². The first-order valence-corrected chi connectivity index (χ1v) is 6.85. The summed E-state index contributed by atoms with van der Waals surface area (Å²) in [6, 6.07) is 3.94. The highest BCUT2D eigenvalue weighted by Crippen LogP contribution is 2.23. The number of aromatic nitrogens is 1. The summed E-state index contributed by atoms with van der Waals surface area (Å²) in [7, 11) is 0. The van der Waals surface area contributed by atoms with Crippen LogP contribution >= 0.6 is 0 Å². The fraction of sp³-hybridized carbons (Fsp3) is 0.571. The van der Waals surface area contributed by atoms with E-state index in [9.17, 15) is 4.79 Å². The molecule has 5 nitrogen and oxygen atoms in total. The number of pyridine rings is 1. The molecule has 104 valence electrons. The van der Waals surface area contributed by atoms with Gasteiger partial charge in [0.1, 0.15) is 5.82 Å². The van der Waals surface area contributed by atoms with Crippen molar-refractivity contribution in [1.29, 1.82) is 0 Å². The lowest BCUT2D eigenvalue weighted by atomic mass is 9.93. The maximum Gasteiger partial charge on any atom is 0.217 e. The van der Waals surface area contributed by atoms with Gasteiger partial charge in [0.25, 0.3) is 0 Å². The van der Waals surface area contributed by atoms with Crippen LogP contribution in [-0.4, -0.2) is 28.9 Å². The van der Waals surface area contributed by atoms with Gasteiger partial charge in [-0.3, -0.25) is 9.69 Å². The second-order valence-corrected chi connectivity index (χ2v) is 5.30. The van der Waals surface area contributed by atoms with Crippen LogP contribution in [0, 0.1) is 5.92 Å². The van der Waals surface area contributed by atoms with Crippen LogP contribution in [0.15, 0.2) is 18.3 Å². The van der Waals surface area contributed by atoms with Gasteiger partial charge in [0.05, 0.1) is 0 Å². The van der Waals surface area contributed by atoms with Gasteiger partial charge in [-0.25, -0.2) is 4.98 Å². The maximum absolute atomic E-state index is 10.8. The van der Waals surface area contributed by atoms with Gasteiger partial charge in [-0.1, -0.05) is 6.07 Å². The highest BCUT2D eigenvalue weighted by Gasteiger charge is 2.20. The number of hydrogen-bond acceptors (Lipinski definition) is 4. The molecule has 2 rings (SSSR count). The standard InChI is InChI=1S/C14H22N4O/c15-13(19)6-5-11-3-2-8-18(9-11)10-12-4-1-7-17-14(12)16/h1,4,7,11H,2-3,5-6,8-10H2,(H2,15,19)(H2,16,17). The van der Waals surface area contributed by atoms with Crippen LogP contribution < -0.4 is 11.5 Å². The van der Waals surface area contributed by atoms with Gasteiger partial charge in [-0.2, -0.15) is 0 Å². The van der Waals surface area contributed by atoms with Crippen molar-refractivity contribution in [3.05, 3.63) is 23.9 Å². The van der Waals surface area contributed by atoms with E-state index in [4.69, 9.17) is 11.5 Å². The molecule has 1 fully saturated rings. The summed E-state index contributed by atoms with van der Waals surface area (Å²) < 4.78 is 0. The molecule has 1 saturated heterocycles. The molecule has 5 heteroatoms. The minimum Gasteiger partial charge on any atom is -0.383 e. The number of primary amides is 1. The zero-order valence-electron chi connectivity index (χ0n) is 11.2. The number of piperidine rings is 1. The second-order valence-electron chi connectivity index (χ2n) is 5.30. The van der Waals surface area contributed by atoms with Crippen LogP contribution in [0.3, 0.4) is 0 Å². The Kier molecular flexibility index (Phi) is 4.74. The molecule has 1 atom stereocenters. The molecule has 0 spiro atoms. The number of hydrogen-bond donors (Lipinski definition) is 2. The molecule has 0 aliphatic carbocycles. The number of likely N-dealkylation sites (tertiary alicyclic amines) is 1. The van der Waals surface area contributed by atoms with E-state index in [0.717, 1.165) is 31.6 Å². The average Bonchev–Trinajstić information content (AvgIpc) is 2.40. The summed E-state index contributed by atoms with van der Waals surface area (Å²) >= 11 is 0. The third-order valence-electron chi connectivity index (χ3n) is 3.72. The summed E-state index contributed by atoms with van der Waals surface area (Å²) in [6.45, 7) is 2.94. The van der Waals surface area contributed by atoms with Crippen molar-refractivity contribution in [1.82, 2.24) is 9.88 Å². The van der Waals surface area contributed by atoms with Crippen molar-refractivity contribution in [3.63, 3.8) is 0 Å². The Morgan fingerprint density at radius 1 is 1.53 bits per heavy atom. The smallest absolute Gasteiger partial charge is 0.217 e. The average molecular weight is 262 g/mol. The molecular formula is C14H22N4O. The molecule has 4 N–H and O–H groups in total. The SMILES string of the molecule is NC(=O)CCC1CCCN(Cc2cccnc2N)C1. The van der Waals surface area contributed by atoms with Gasteiger partial charge in [0.2, 0.25) is 5.91 Å². The van der Waals surface area contributed by atoms with Gasteiger partial charge in [0.15, 0.2) is 0 Å². The van der Waals surface area contributed by atoms with E-state index >= 15 is 0 Å². The molecule has 1 aliphatic heterocycles. The first-order chi connectivity index (χ1) is 9.15. The van der Waals surface area contributed by atoms with Crippen molar-refractivity contribution < 1.29 is 4.79 Å². The van der Waals surface area contributed by atoms with Crippen molar-refractivity contribution in [3.8, 4) is 0 Å². The van der Waals surface area contributed by atoms with Crippen molar-refractivity contribution in [2.45, 2.75) is 32.2 Å². The predicted octanol–water partition coefficient (Wildman–Crippen LogP) is 1.14. The minimum atomic E-state index is -0.200. The third kappa shape index (κ3) is 4.21. The molecule has 0 radical (unpaired) electrons. The highest BCUT2D eigenvalue weighted by molar-refractivity contribution is 5.73. The molecule has 1 aromatic rings. The lowest BCUT2D eigenvalue weighted by Crippen LogP contribution is -2.35. The highest BCUT2D eigenvalue weighted by atomic mass is 16.1. The van der Waals surface area contributed by atoms with Crippen LogP contribution in [-0.2, 0) is 11.3 Å². The zero-order chi connectivity index (χ0) is 13.7. The van der Waals surface area contributed by atoms with E-state index in [0.29, 0.717) is 18.2 Å². The minimum absolute atomic E-state index is 0.200. The summed E-state index contributed by atoms with van der Waals surface area (Å²) in [6.07, 6.45) is 5.46. The molecule has 2 heterocycles. The molecule has 1 unspecified atom stereocenters. The molecule has 0 saturated carbocycles. The second kappa shape index (κ2) is 6.52. The quantitative estimate of drug-likeness (QED) is 0.833. The summed E-state index contributed by atoms with van der Waals surface area (Å²) in [4.78, 5) is 17.3. The first kappa shape index (κ1) is 13.8. The summed E-state index contributed by atoms with van der Waals surface area (Å²) in [5.41, 5.74) is 12.2. The Balaban J connectivity index is 1.87. The summed E-state index contributed by atoms with van der Waals surface area (Å²) in [5.74, 6) is 0.981. The van der Waals surface area contributed by atoms with Gasteiger partial charge >= 0.3 is 0 Å². The van der Waals surface area contributed by atoms with Crippen LogP contribution in [0.25, 0.3) is 0 Å². The van der Waals surface area contributed by atoms with Crippen molar-refractivity contribution >= 4 is 11.7 Å². The van der Waals surface area contributed by atoms with Crippen molar-refractivity contribution in [2.75, 3.05) is 18.8 Å². The van der Waals surface area contributed by atoms with Crippen LogP contribution in [0.2, 0.25) is 0 Å². The normalized spacial score (nSPS) is 20.3. The Bertz CT molecular complexity index is 435. The fourth-order valence-corrected chi connectivity index (χ4v) is 2.70. The Hall–Kier alpha value is -1.62. The van der Waals surface area contributed by atoms with Gasteiger partial charge in [0, 0.05) is 31.3 Å². The number of nitrogen functional groups attached to an aromatic ring is 1. The van der Waals surface area contributed by atoms with E-state index in [-0.39, 0.29) is 5.91 Å². The number of nitrogens with zero attached hydrogens (tertiary/aromatic N) is 2. The van der Waals surface area contributed by atoms with Gasteiger partial charge in [-0.05, 0) is 37.8 Å². The molecule has 0 bridgehead atoms. The monoisotopic (exact) mass is 262 g/mol. The maximum atomic E-state index is 10.8. The fourth-order valence-electron chi connectivity index (χ4n) is 2.70. The molecule has 0 aromatic carbocycles. The summed E-state index contributed by atoms with van der Waals surface area (Å²) in [5, 5.41) is 0. The number of anilines is 1. The van der Waals surface area contributed by atoms with Gasteiger partial charge < -0.3 is 11.5 Å². The number of amides is 1. The molecule has 1 amide bonds. The molecule has 1 aromatic heterocycles. The lowest BCUT2D eigenvalue weighted by Gasteiger charge is -2.32. The Labute approximate surface area is 114 Å². The Morgan fingerprint density at radius 2 is 2.37 bits per heavy atom. The zero-order valence-corrected chi connectivity index (χ0v) is 11.2. The van der Waals surface area contributed by atoms with E-state index in [1.54, 1.807) is 6.20 Å². The van der Waals surface area contributed by atoms with Crippen LogP contribution in [0.5, 0.6) is 0 Å². The van der Waals surface area contributed by atoms with Crippen LogP contribution in [0.4, 0.5) is 5.82 Å². The number of carbonyl (C=O) groups excluding carboxylic acids is 1. The molecule has 19 heavy (non-hydrogen) atoms. The third-order valence-corrected chi connectivity index (χ3v) is 3.72. The molecule has 1 aliphatic rings. The lowest BCUT2D eigenvalue weighted by molar-refractivity contribution is -0.118. The molecular weight excluding hydrogens is 240 g/mol. The number of carbonyl (C=O) groups is 1. The Morgan fingerprint density at radius 3 is 3.11 bits per heavy atom.